The molecule has 0 saturated carbocycles. The zero-order chi connectivity index (χ0) is 7.56. The van der Waals surface area contributed by atoms with E-state index in [1.807, 2.05) is 11.8 Å². The topological polar surface area (TPSA) is 15.6 Å². The fourth-order valence-corrected chi connectivity index (χ4v) is 1.02. The van der Waals surface area contributed by atoms with Gasteiger partial charge < -0.3 is 4.90 Å². The molecule has 1 aliphatic heterocycles. The van der Waals surface area contributed by atoms with Gasteiger partial charge in [0, 0.05) is 6.54 Å². The number of amidine groups is 1. The lowest BCUT2D eigenvalue weighted by Gasteiger charge is -2.13. The summed E-state index contributed by atoms with van der Waals surface area (Å²) in [5.74, 6) is 0.981. The Hall–Kier alpha value is -1.05. The number of hydrogen-bond donors (Lipinski definition) is 0. The van der Waals surface area contributed by atoms with Crippen LogP contribution in [0.4, 0.5) is 0 Å². The van der Waals surface area contributed by atoms with Gasteiger partial charge in [0.1, 0.15) is 5.84 Å². The summed E-state index contributed by atoms with van der Waals surface area (Å²) in [7, 11) is 0. The van der Waals surface area contributed by atoms with E-state index in [9.17, 15) is 0 Å². The zero-order valence-corrected chi connectivity index (χ0v) is 6.30. The van der Waals surface area contributed by atoms with Crippen LogP contribution in [-0.2, 0) is 0 Å². The summed E-state index contributed by atoms with van der Waals surface area (Å²) in [6.45, 7) is 11.3. The van der Waals surface area contributed by atoms with E-state index in [0.29, 0.717) is 0 Å². The standard InChI is InChI=1S/C8H12N2/c1-4-10-6-5-9-8(10)7(2)3/h4H,1-2,5-6H2,3H3. The van der Waals surface area contributed by atoms with Crippen molar-refractivity contribution >= 4 is 5.84 Å². The molecule has 0 spiro atoms. The van der Waals surface area contributed by atoms with Crippen molar-refractivity contribution in [1.29, 1.82) is 0 Å². The maximum absolute atomic E-state index is 4.26. The SMILES string of the molecule is C=CN1CCN=C1C(=C)C. The van der Waals surface area contributed by atoms with Crippen LogP contribution in [0.5, 0.6) is 0 Å². The highest BCUT2D eigenvalue weighted by Crippen LogP contribution is 2.07. The van der Waals surface area contributed by atoms with Crippen molar-refractivity contribution in [2.75, 3.05) is 13.1 Å². The molecule has 1 heterocycles. The highest BCUT2D eigenvalue weighted by atomic mass is 15.2. The van der Waals surface area contributed by atoms with Crippen molar-refractivity contribution in [1.82, 2.24) is 4.90 Å². The second-order valence-corrected chi connectivity index (χ2v) is 2.36. The van der Waals surface area contributed by atoms with Gasteiger partial charge in [-0.25, -0.2) is 0 Å². The van der Waals surface area contributed by atoms with E-state index in [1.54, 1.807) is 6.20 Å². The third kappa shape index (κ3) is 1.10. The summed E-state index contributed by atoms with van der Waals surface area (Å²) in [6.07, 6.45) is 1.79. The quantitative estimate of drug-likeness (QED) is 0.560. The monoisotopic (exact) mass is 136 g/mol. The van der Waals surface area contributed by atoms with Crippen molar-refractivity contribution in [3.05, 3.63) is 24.9 Å². The van der Waals surface area contributed by atoms with Crippen LogP contribution in [0.15, 0.2) is 29.9 Å². The maximum atomic E-state index is 4.26. The van der Waals surface area contributed by atoms with E-state index < -0.39 is 0 Å². The molecule has 2 heteroatoms. The van der Waals surface area contributed by atoms with Gasteiger partial charge >= 0.3 is 0 Å². The number of nitrogens with zero attached hydrogens (tertiary/aromatic N) is 2. The lowest BCUT2D eigenvalue weighted by atomic mass is 10.3. The molecule has 54 valence electrons. The minimum Gasteiger partial charge on any atom is -0.332 e. The third-order valence-corrected chi connectivity index (χ3v) is 1.48. The summed E-state index contributed by atoms with van der Waals surface area (Å²) in [5.41, 5.74) is 1.01. The molecule has 0 aliphatic carbocycles. The summed E-state index contributed by atoms with van der Waals surface area (Å²) in [5, 5.41) is 0. The first-order valence-electron chi connectivity index (χ1n) is 3.35. The molecular weight excluding hydrogens is 124 g/mol. The van der Waals surface area contributed by atoms with E-state index in [-0.39, 0.29) is 0 Å². The largest absolute Gasteiger partial charge is 0.332 e. The minimum atomic E-state index is 0.869. The molecule has 0 atom stereocenters. The van der Waals surface area contributed by atoms with Crippen LogP contribution in [0.25, 0.3) is 0 Å². The van der Waals surface area contributed by atoms with Crippen LogP contribution < -0.4 is 0 Å². The van der Waals surface area contributed by atoms with Gasteiger partial charge in [0.05, 0.1) is 6.54 Å². The van der Waals surface area contributed by atoms with Gasteiger partial charge in [-0.05, 0) is 18.7 Å². The highest BCUT2D eigenvalue weighted by molar-refractivity contribution is 5.98. The van der Waals surface area contributed by atoms with Crippen molar-refractivity contribution in [2.24, 2.45) is 4.99 Å². The van der Waals surface area contributed by atoms with Crippen LogP contribution in [0.1, 0.15) is 6.92 Å². The smallest absolute Gasteiger partial charge is 0.129 e. The molecule has 1 aliphatic rings. The Balaban J connectivity index is 2.74. The normalized spacial score (nSPS) is 16.9. The van der Waals surface area contributed by atoms with Crippen LogP contribution in [0.3, 0.4) is 0 Å². The first-order valence-corrected chi connectivity index (χ1v) is 3.35. The number of rotatable bonds is 2. The molecule has 0 bridgehead atoms. The molecule has 0 amide bonds. The summed E-state index contributed by atoms with van der Waals surface area (Å²) in [6, 6.07) is 0. The molecule has 0 aromatic rings. The number of hydrogen-bond acceptors (Lipinski definition) is 2. The van der Waals surface area contributed by atoms with Gasteiger partial charge in [-0.3, -0.25) is 4.99 Å². The second kappa shape index (κ2) is 2.69. The van der Waals surface area contributed by atoms with Crippen LogP contribution >= 0.6 is 0 Å². The molecule has 0 N–H and O–H groups in total. The Kier molecular flexibility index (Phi) is 1.90. The number of aliphatic imine (C=N–C) groups is 1. The predicted octanol–water partition coefficient (Wildman–Crippen LogP) is 1.42. The fourth-order valence-electron chi connectivity index (χ4n) is 1.02. The van der Waals surface area contributed by atoms with Crippen LogP contribution in [0.2, 0.25) is 0 Å². The molecule has 1 rings (SSSR count). The van der Waals surface area contributed by atoms with Crippen LogP contribution in [-0.4, -0.2) is 23.8 Å². The first-order chi connectivity index (χ1) is 4.75. The second-order valence-electron chi connectivity index (χ2n) is 2.36. The van der Waals surface area contributed by atoms with Gasteiger partial charge in [-0.1, -0.05) is 13.2 Å². The molecule has 10 heavy (non-hydrogen) atoms. The predicted molar refractivity (Wildman–Crippen MR) is 44.0 cm³/mol. The van der Waals surface area contributed by atoms with E-state index in [2.05, 4.69) is 18.2 Å². The molecule has 2 nitrogen and oxygen atoms in total. The van der Waals surface area contributed by atoms with Gasteiger partial charge in [0.25, 0.3) is 0 Å². The van der Waals surface area contributed by atoms with E-state index >= 15 is 0 Å². The Morgan fingerprint density at radius 3 is 2.90 bits per heavy atom. The zero-order valence-electron chi connectivity index (χ0n) is 6.30. The minimum absolute atomic E-state index is 0.869. The molecule has 0 aromatic heterocycles. The summed E-state index contributed by atoms with van der Waals surface area (Å²) >= 11 is 0. The molecule has 0 saturated heterocycles. The average Bonchev–Trinajstić information content (AvgIpc) is 2.33. The molecular formula is C8H12N2. The summed E-state index contributed by atoms with van der Waals surface area (Å²) in [4.78, 5) is 6.28. The Morgan fingerprint density at radius 1 is 1.80 bits per heavy atom. The van der Waals surface area contributed by atoms with E-state index in [0.717, 1.165) is 24.5 Å². The molecule has 0 fully saturated rings. The van der Waals surface area contributed by atoms with Crippen molar-refractivity contribution in [3.8, 4) is 0 Å². The van der Waals surface area contributed by atoms with Gasteiger partial charge in [0.15, 0.2) is 0 Å². The Bertz CT molecular complexity index is 191. The Labute approximate surface area is 61.6 Å². The lowest BCUT2D eigenvalue weighted by Crippen LogP contribution is -2.21. The first kappa shape index (κ1) is 7.06. The lowest BCUT2D eigenvalue weighted by molar-refractivity contribution is 0.613. The van der Waals surface area contributed by atoms with Gasteiger partial charge in [0.2, 0.25) is 0 Å². The van der Waals surface area contributed by atoms with Gasteiger partial charge in [-0.2, -0.15) is 0 Å². The molecule has 0 unspecified atom stereocenters. The maximum Gasteiger partial charge on any atom is 0.129 e. The molecule has 0 aromatic carbocycles. The van der Waals surface area contributed by atoms with E-state index in [4.69, 9.17) is 0 Å². The van der Waals surface area contributed by atoms with Crippen molar-refractivity contribution in [2.45, 2.75) is 6.92 Å². The van der Waals surface area contributed by atoms with Crippen molar-refractivity contribution in [3.63, 3.8) is 0 Å². The average molecular weight is 136 g/mol. The van der Waals surface area contributed by atoms with E-state index in [1.165, 1.54) is 0 Å². The van der Waals surface area contributed by atoms with Gasteiger partial charge in [-0.15, -0.1) is 0 Å². The summed E-state index contributed by atoms with van der Waals surface area (Å²) < 4.78 is 0. The van der Waals surface area contributed by atoms with Crippen molar-refractivity contribution < 1.29 is 0 Å². The highest BCUT2D eigenvalue weighted by Gasteiger charge is 2.13. The van der Waals surface area contributed by atoms with Crippen LogP contribution in [0, 0.1) is 0 Å². The third-order valence-electron chi connectivity index (χ3n) is 1.48. The fraction of sp³-hybridized carbons (Fsp3) is 0.375. The Morgan fingerprint density at radius 2 is 2.50 bits per heavy atom. The molecule has 0 radical (unpaired) electrons.